The van der Waals surface area contributed by atoms with Crippen LogP contribution in [0.1, 0.15) is 25.3 Å². The molecule has 0 saturated carbocycles. The van der Waals surface area contributed by atoms with E-state index in [9.17, 15) is 4.79 Å². The van der Waals surface area contributed by atoms with Crippen LogP contribution in [0.4, 0.5) is 4.79 Å². The second kappa shape index (κ2) is 7.79. The Bertz CT molecular complexity index is 379. The van der Waals surface area contributed by atoms with Crippen LogP contribution in [0.5, 0.6) is 0 Å². The molecule has 2 N–H and O–H groups in total. The molecular weight excluding hydrogens is 240 g/mol. The van der Waals surface area contributed by atoms with Crippen molar-refractivity contribution in [3.63, 3.8) is 0 Å². The van der Waals surface area contributed by atoms with Gasteiger partial charge in [0, 0.05) is 26.1 Å². The van der Waals surface area contributed by atoms with Gasteiger partial charge < -0.3 is 15.3 Å². The lowest BCUT2D eigenvalue weighted by molar-refractivity contribution is 0.189. The van der Waals surface area contributed by atoms with Crippen LogP contribution in [0.25, 0.3) is 0 Å². The van der Waals surface area contributed by atoms with E-state index in [1.807, 2.05) is 18.2 Å². The number of amides is 2. The second-order valence-electron chi connectivity index (χ2n) is 5.09. The minimum absolute atomic E-state index is 0.0176. The van der Waals surface area contributed by atoms with Gasteiger partial charge >= 0.3 is 6.03 Å². The van der Waals surface area contributed by atoms with Gasteiger partial charge in [-0.05, 0) is 11.5 Å². The number of carbonyl (C=O) groups excluding carboxylic acids is 1. The SMILES string of the molecule is CC(C)C(CNC(=O)N(C)CCO)c1ccccc1. The molecule has 0 spiro atoms. The lowest BCUT2D eigenvalue weighted by Crippen LogP contribution is -2.41. The number of hydrogen-bond acceptors (Lipinski definition) is 2. The third-order valence-electron chi connectivity index (χ3n) is 3.29. The lowest BCUT2D eigenvalue weighted by atomic mass is 9.88. The highest BCUT2D eigenvalue weighted by atomic mass is 16.3. The Labute approximate surface area is 115 Å². The standard InChI is InChI=1S/C15H24N2O2/c1-12(2)14(13-7-5-4-6-8-13)11-16-15(19)17(3)9-10-18/h4-8,12,14,18H,9-11H2,1-3H3,(H,16,19). The lowest BCUT2D eigenvalue weighted by Gasteiger charge is -2.24. The molecule has 2 amide bonds. The van der Waals surface area contributed by atoms with Gasteiger partial charge in [-0.1, -0.05) is 44.2 Å². The number of hydrogen-bond donors (Lipinski definition) is 2. The number of urea groups is 1. The van der Waals surface area contributed by atoms with Crippen LogP contribution in [0.15, 0.2) is 30.3 Å². The zero-order valence-electron chi connectivity index (χ0n) is 12.0. The number of carbonyl (C=O) groups is 1. The van der Waals surface area contributed by atoms with Crippen LogP contribution in [0.2, 0.25) is 0 Å². The topological polar surface area (TPSA) is 52.6 Å². The summed E-state index contributed by atoms with van der Waals surface area (Å²) in [5.41, 5.74) is 1.24. The third-order valence-corrected chi connectivity index (χ3v) is 3.29. The Balaban J connectivity index is 2.59. The maximum absolute atomic E-state index is 11.8. The molecule has 0 saturated heterocycles. The van der Waals surface area contributed by atoms with E-state index >= 15 is 0 Å². The zero-order valence-corrected chi connectivity index (χ0v) is 12.0. The van der Waals surface area contributed by atoms with Crippen LogP contribution < -0.4 is 5.32 Å². The van der Waals surface area contributed by atoms with E-state index in [1.165, 1.54) is 10.5 Å². The Kier molecular flexibility index (Phi) is 6.36. The Morgan fingerprint density at radius 3 is 2.47 bits per heavy atom. The van der Waals surface area contributed by atoms with Crippen molar-refractivity contribution in [3.05, 3.63) is 35.9 Å². The molecule has 0 aromatic heterocycles. The summed E-state index contributed by atoms with van der Waals surface area (Å²) in [4.78, 5) is 13.3. The largest absolute Gasteiger partial charge is 0.395 e. The quantitative estimate of drug-likeness (QED) is 0.826. The molecule has 0 aliphatic heterocycles. The van der Waals surface area contributed by atoms with Crippen molar-refractivity contribution in [2.24, 2.45) is 5.92 Å². The summed E-state index contributed by atoms with van der Waals surface area (Å²) < 4.78 is 0. The van der Waals surface area contributed by atoms with Gasteiger partial charge in [-0.3, -0.25) is 0 Å². The van der Waals surface area contributed by atoms with Gasteiger partial charge in [0.1, 0.15) is 0 Å². The summed E-state index contributed by atoms with van der Waals surface area (Å²) in [5, 5.41) is 11.7. The van der Waals surface area contributed by atoms with E-state index < -0.39 is 0 Å². The number of aliphatic hydroxyl groups is 1. The summed E-state index contributed by atoms with van der Waals surface area (Å²) in [6.07, 6.45) is 0. The van der Waals surface area contributed by atoms with Crippen molar-refractivity contribution >= 4 is 6.03 Å². The Hall–Kier alpha value is -1.55. The predicted octanol–water partition coefficient (Wildman–Crippen LogP) is 2.06. The number of rotatable bonds is 6. The minimum Gasteiger partial charge on any atom is -0.395 e. The fraction of sp³-hybridized carbons (Fsp3) is 0.533. The monoisotopic (exact) mass is 264 g/mol. The van der Waals surface area contributed by atoms with E-state index in [1.54, 1.807) is 7.05 Å². The Morgan fingerprint density at radius 2 is 1.95 bits per heavy atom. The first-order valence-electron chi connectivity index (χ1n) is 6.71. The van der Waals surface area contributed by atoms with Crippen LogP contribution in [0, 0.1) is 5.92 Å². The minimum atomic E-state index is -0.143. The first-order valence-corrected chi connectivity index (χ1v) is 6.71. The van der Waals surface area contributed by atoms with E-state index in [-0.39, 0.29) is 12.6 Å². The molecular formula is C15H24N2O2. The number of benzene rings is 1. The van der Waals surface area contributed by atoms with Gasteiger partial charge in [-0.15, -0.1) is 0 Å². The van der Waals surface area contributed by atoms with Crippen molar-refractivity contribution in [1.82, 2.24) is 10.2 Å². The van der Waals surface area contributed by atoms with E-state index in [0.29, 0.717) is 24.9 Å². The van der Waals surface area contributed by atoms with Crippen molar-refractivity contribution < 1.29 is 9.90 Å². The number of nitrogens with zero attached hydrogens (tertiary/aromatic N) is 1. The van der Waals surface area contributed by atoms with Crippen LogP contribution in [0.3, 0.4) is 0 Å². The summed E-state index contributed by atoms with van der Waals surface area (Å²) in [5.74, 6) is 0.749. The predicted molar refractivity (Wildman–Crippen MR) is 77.1 cm³/mol. The van der Waals surface area contributed by atoms with E-state index in [0.717, 1.165) is 0 Å². The molecule has 19 heavy (non-hydrogen) atoms. The van der Waals surface area contributed by atoms with Crippen molar-refractivity contribution in [2.45, 2.75) is 19.8 Å². The molecule has 1 aromatic rings. The van der Waals surface area contributed by atoms with E-state index in [4.69, 9.17) is 5.11 Å². The summed E-state index contributed by atoms with van der Waals surface area (Å²) in [6, 6.07) is 10.1. The molecule has 1 aromatic carbocycles. The molecule has 1 unspecified atom stereocenters. The fourth-order valence-corrected chi connectivity index (χ4v) is 2.02. The van der Waals surface area contributed by atoms with Crippen LogP contribution in [-0.2, 0) is 0 Å². The molecule has 0 heterocycles. The molecule has 0 radical (unpaired) electrons. The number of nitrogens with one attached hydrogen (secondary N) is 1. The molecule has 4 nitrogen and oxygen atoms in total. The van der Waals surface area contributed by atoms with E-state index in [2.05, 4.69) is 31.3 Å². The highest BCUT2D eigenvalue weighted by molar-refractivity contribution is 5.73. The molecule has 1 rings (SSSR count). The zero-order chi connectivity index (χ0) is 14.3. The maximum atomic E-state index is 11.8. The average molecular weight is 264 g/mol. The second-order valence-corrected chi connectivity index (χ2v) is 5.09. The van der Waals surface area contributed by atoms with Crippen molar-refractivity contribution in [3.8, 4) is 0 Å². The normalized spacial score (nSPS) is 12.3. The van der Waals surface area contributed by atoms with Crippen LogP contribution in [-0.4, -0.2) is 42.8 Å². The molecule has 0 aliphatic carbocycles. The third kappa shape index (κ3) is 4.91. The summed E-state index contributed by atoms with van der Waals surface area (Å²) >= 11 is 0. The highest BCUT2D eigenvalue weighted by Gasteiger charge is 2.17. The first kappa shape index (κ1) is 15.5. The molecule has 1 atom stereocenters. The average Bonchev–Trinajstić information content (AvgIpc) is 2.39. The molecule has 4 heteroatoms. The van der Waals surface area contributed by atoms with Crippen molar-refractivity contribution in [2.75, 3.05) is 26.7 Å². The van der Waals surface area contributed by atoms with Crippen LogP contribution >= 0.6 is 0 Å². The molecule has 0 bridgehead atoms. The molecule has 0 fully saturated rings. The summed E-state index contributed by atoms with van der Waals surface area (Å²) in [6.45, 7) is 5.25. The molecule has 0 aliphatic rings. The van der Waals surface area contributed by atoms with Gasteiger partial charge in [0.2, 0.25) is 0 Å². The van der Waals surface area contributed by atoms with Gasteiger partial charge in [0.05, 0.1) is 6.61 Å². The van der Waals surface area contributed by atoms with Gasteiger partial charge in [-0.2, -0.15) is 0 Å². The van der Waals surface area contributed by atoms with Crippen molar-refractivity contribution in [1.29, 1.82) is 0 Å². The highest BCUT2D eigenvalue weighted by Crippen LogP contribution is 2.23. The van der Waals surface area contributed by atoms with Gasteiger partial charge in [0.15, 0.2) is 0 Å². The number of aliphatic hydroxyl groups excluding tert-OH is 1. The number of likely N-dealkylation sites (N-methyl/N-ethyl adjacent to an activating group) is 1. The van der Waals surface area contributed by atoms with Gasteiger partial charge in [0.25, 0.3) is 0 Å². The van der Waals surface area contributed by atoms with Gasteiger partial charge in [-0.25, -0.2) is 4.79 Å². The summed E-state index contributed by atoms with van der Waals surface area (Å²) in [7, 11) is 1.68. The maximum Gasteiger partial charge on any atom is 0.317 e. The smallest absolute Gasteiger partial charge is 0.317 e. The first-order chi connectivity index (χ1) is 9.06. The molecule has 106 valence electrons. The Morgan fingerprint density at radius 1 is 1.32 bits per heavy atom. The fourth-order valence-electron chi connectivity index (χ4n) is 2.02.